The summed E-state index contributed by atoms with van der Waals surface area (Å²) in [5.74, 6) is 0.235. The number of nitrogens with one attached hydrogen (secondary N) is 2. The molecular formula is C11H8N6OS. The van der Waals surface area contributed by atoms with E-state index in [1.807, 2.05) is 6.07 Å². The van der Waals surface area contributed by atoms with E-state index in [2.05, 4.69) is 30.6 Å². The Balaban J connectivity index is 1.72. The monoisotopic (exact) mass is 272 g/mol. The lowest BCUT2D eigenvalue weighted by Crippen LogP contribution is -2.20. The van der Waals surface area contributed by atoms with Crippen LogP contribution in [0.2, 0.25) is 0 Å². The molecule has 3 aromatic heterocycles. The number of rotatable bonds is 2. The molecule has 0 spiro atoms. The number of nitrogens with zero attached hydrogens (tertiary/aromatic N) is 4. The van der Waals surface area contributed by atoms with Crippen molar-refractivity contribution in [3.8, 4) is 0 Å². The van der Waals surface area contributed by atoms with Crippen molar-refractivity contribution in [2.45, 2.75) is 0 Å². The molecule has 0 atom stereocenters. The second-order valence-corrected chi connectivity index (χ2v) is 4.48. The smallest absolute Gasteiger partial charge is 0.283 e. The van der Waals surface area contributed by atoms with Gasteiger partial charge in [0.25, 0.3) is 0 Å². The molecule has 0 unspecified atom stereocenters. The summed E-state index contributed by atoms with van der Waals surface area (Å²) in [5, 5.41) is 5.60. The van der Waals surface area contributed by atoms with E-state index in [1.54, 1.807) is 30.7 Å². The van der Waals surface area contributed by atoms with Gasteiger partial charge in [-0.15, -0.1) is 0 Å². The van der Waals surface area contributed by atoms with Crippen molar-refractivity contribution in [1.82, 2.24) is 19.9 Å². The third-order valence-corrected chi connectivity index (χ3v) is 3.07. The van der Waals surface area contributed by atoms with E-state index in [4.69, 9.17) is 0 Å². The van der Waals surface area contributed by atoms with E-state index < -0.39 is 6.03 Å². The number of anilines is 2. The van der Waals surface area contributed by atoms with Crippen molar-refractivity contribution in [2.24, 2.45) is 0 Å². The number of fused-ring (bicyclic) bond motifs is 1. The summed E-state index contributed by atoms with van der Waals surface area (Å²) in [6.07, 6.45) is 4.77. The maximum Gasteiger partial charge on any atom is 0.327 e. The van der Waals surface area contributed by atoms with Gasteiger partial charge in [-0.2, -0.15) is 0 Å². The van der Waals surface area contributed by atoms with Gasteiger partial charge in [0.2, 0.25) is 5.95 Å². The zero-order chi connectivity index (χ0) is 13.1. The van der Waals surface area contributed by atoms with E-state index in [1.165, 1.54) is 11.3 Å². The largest absolute Gasteiger partial charge is 0.327 e. The van der Waals surface area contributed by atoms with Crippen LogP contribution in [0.15, 0.2) is 36.8 Å². The molecule has 94 valence electrons. The Labute approximate surface area is 111 Å². The molecule has 8 heteroatoms. The summed E-state index contributed by atoms with van der Waals surface area (Å²) in [5.41, 5.74) is 0.749. The maximum absolute atomic E-state index is 11.7. The van der Waals surface area contributed by atoms with Gasteiger partial charge in [-0.3, -0.25) is 10.6 Å². The Kier molecular flexibility index (Phi) is 2.99. The van der Waals surface area contributed by atoms with Gasteiger partial charge >= 0.3 is 6.03 Å². The van der Waals surface area contributed by atoms with Crippen LogP contribution in [-0.4, -0.2) is 26.0 Å². The normalized spacial score (nSPS) is 10.3. The Morgan fingerprint density at radius 1 is 1.05 bits per heavy atom. The zero-order valence-electron chi connectivity index (χ0n) is 9.57. The van der Waals surface area contributed by atoms with Gasteiger partial charge in [0.1, 0.15) is 10.3 Å². The van der Waals surface area contributed by atoms with E-state index >= 15 is 0 Å². The summed E-state index contributed by atoms with van der Waals surface area (Å²) in [6.45, 7) is 0. The molecule has 0 saturated heterocycles. The molecule has 0 fully saturated rings. The topological polar surface area (TPSA) is 92.7 Å². The molecule has 7 nitrogen and oxygen atoms in total. The SMILES string of the molecule is O=C(Nc1ncccn1)Nc1nc2cccnc2s1. The quantitative estimate of drug-likeness (QED) is 0.745. The van der Waals surface area contributed by atoms with Crippen molar-refractivity contribution in [1.29, 1.82) is 0 Å². The molecule has 0 radical (unpaired) electrons. The number of carbonyl (C=O) groups is 1. The Morgan fingerprint density at radius 2 is 1.84 bits per heavy atom. The van der Waals surface area contributed by atoms with Gasteiger partial charge in [0.05, 0.1) is 0 Å². The highest BCUT2D eigenvalue weighted by atomic mass is 32.1. The zero-order valence-corrected chi connectivity index (χ0v) is 10.4. The van der Waals surface area contributed by atoms with Crippen LogP contribution < -0.4 is 10.6 Å². The number of aromatic nitrogens is 4. The van der Waals surface area contributed by atoms with Gasteiger partial charge in [-0.05, 0) is 18.2 Å². The van der Waals surface area contributed by atoms with Gasteiger partial charge in [0, 0.05) is 18.6 Å². The molecule has 0 aliphatic rings. The molecule has 0 saturated carbocycles. The molecular weight excluding hydrogens is 264 g/mol. The number of hydrogen-bond acceptors (Lipinski definition) is 6. The minimum Gasteiger partial charge on any atom is -0.283 e. The van der Waals surface area contributed by atoms with Gasteiger partial charge in [0.15, 0.2) is 5.13 Å². The van der Waals surface area contributed by atoms with Crippen LogP contribution in [0.1, 0.15) is 0 Å². The highest BCUT2D eigenvalue weighted by molar-refractivity contribution is 7.21. The standard InChI is InChI=1S/C11H8N6OS/c18-10(16-9-13-5-2-6-14-9)17-11-15-7-3-1-4-12-8(7)19-11/h1-6H,(H2,13,14,15,16,17,18). The second kappa shape index (κ2) is 4.94. The van der Waals surface area contributed by atoms with Crippen LogP contribution in [0.3, 0.4) is 0 Å². The predicted molar refractivity (Wildman–Crippen MR) is 72.1 cm³/mol. The molecule has 3 aromatic rings. The highest BCUT2D eigenvalue weighted by Crippen LogP contribution is 2.23. The summed E-state index contributed by atoms with van der Waals surface area (Å²) in [6, 6.07) is 4.86. The minimum absolute atomic E-state index is 0.235. The lowest BCUT2D eigenvalue weighted by atomic mass is 10.5. The van der Waals surface area contributed by atoms with E-state index in [0.717, 1.165) is 10.3 Å². The number of amides is 2. The first kappa shape index (κ1) is 11.5. The number of carbonyl (C=O) groups excluding carboxylic acids is 1. The van der Waals surface area contributed by atoms with Gasteiger partial charge < -0.3 is 0 Å². The minimum atomic E-state index is -0.440. The fourth-order valence-electron chi connectivity index (χ4n) is 1.42. The highest BCUT2D eigenvalue weighted by Gasteiger charge is 2.08. The molecule has 2 N–H and O–H groups in total. The van der Waals surface area contributed by atoms with Crippen molar-refractivity contribution in [3.63, 3.8) is 0 Å². The van der Waals surface area contributed by atoms with Crippen LogP contribution in [0.25, 0.3) is 10.3 Å². The van der Waals surface area contributed by atoms with Gasteiger partial charge in [-0.25, -0.2) is 24.7 Å². The third-order valence-electron chi connectivity index (χ3n) is 2.18. The number of hydrogen-bond donors (Lipinski definition) is 2. The second-order valence-electron chi connectivity index (χ2n) is 3.50. The van der Waals surface area contributed by atoms with Crippen molar-refractivity contribution >= 4 is 38.8 Å². The van der Waals surface area contributed by atoms with Crippen LogP contribution in [0, 0.1) is 0 Å². The third kappa shape index (κ3) is 2.63. The summed E-state index contributed by atoms with van der Waals surface area (Å²) in [4.78, 5) is 28.6. The van der Waals surface area contributed by atoms with Crippen LogP contribution in [-0.2, 0) is 0 Å². The lowest BCUT2D eigenvalue weighted by molar-refractivity contribution is 0.262. The fraction of sp³-hybridized carbons (Fsp3) is 0. The average Bonchev–Trinajstić information content (AvgIpc) is 2.81. The Bertz CT molecular complexity index is 680. The van der Waals surface area contributed by atoms with E-state index in [9.17, 15) is 4.79 Å². The van der Waals surface area contributed by atoms with E-state index in [0.29, 0.717) is 5.13 Å². The molecule has 19 heavy (non-hydrogen) atoms. The fourth-order valence-corrected chi connectivity index (χ4v) is 2.22. The molecule has 0 aliphatic carbocycles. The van der Waals surface area contributed by atoms with E-state index in [-0.39, 0.29) is 5.95 Å². The first-order chi connectivity index (χ1) is 9.31. The molecule has 0 aromatic carbocycles. The average molecular weight is 272 g/mol. The van der Waals surface area contributed by atoms with Gasteiger partial charge in [-0.1, -0.05) is 11.3 Å². The Hall–Kier alpha value is -2.61. The predicted octanol–water partition coefficient (Wildman–Crippen LogP) is 2.13. The molecule has 3 heterocycles. The summed E-state index contributed by atoms with van der Waals surface area (Å²) in [7, 11) is 0. The number of pyridine rings is 1. The van der Waals surface area contributed by atoms with Crippen molar-refractivity contribution < 1.29 is 4.79 Å². The molecule has 3 rings (SSSR count). The van der Waals surface area contributed by atoms with Crippen LogP contribution in [0.5, 0.6) is 0 Å². The molecule has 2 amide bonds. The Morgan fingerprint density at radius 3 is 2.63 bits per heavy atom. The van der Waals surface area contributed by atoms with Crippen LogP contribution in [0.4, 0.5) is 15.9 Å². The summed E-state index contributed by atoms with van der Waals surface area (Å²) >= 11 is 1.30. The maximum atomic E-state index is 11.7. The van der Waals surface area contributed by atoms with Crippen molar-refractivity contribution in [3.05, 3.63) is 36.8 Å². The number of urea groups is 1. The molecule has 0 bridgehead atoms. The first-order valence-corrected chi connectivity index (χ1v) is 6.19. The molecule has 0 aliphatic heterocycles. The van der Waals surface area contributed by atoms with Crippen LogP contribution >= 0.6 is 11.3 Å². The first-order valence-electron chi connectivity index (χ1n) is 5.38. The van der Waals surface area contributed by atoms with Crippen molar-refractivity contribution in [2.75, 3.05) is 10.6 Å². The number of thiazole rings is 1. The lowest BCUT2D eigenvalue weighted by Gasteiger charge is -2.02. The summed E-state index contributed by atoms with van der Waals surface area (Å²) < 4.78 is 0.